The molecule has 1 aromatic heterocycles. The number of thioether (sulfide) groups is 1. The second-order valence-corrected chi connectivity index (χ2v) is 4.83. The van der Waals surface area contributed by atoms with Gasteiger partial charge < -0.3 is 10.4 Å². The first-order chi connectivity index (χ1) is 9.85. The van der Waals surface area contributed by atoms with Crippen molar-refractivity contribution in [1.82, 2.24) is 10.3 Å². The number of carboxylic acids is 1. The second kappa shape index (κ2) is 7.20. The van der Waals surface area contributed by atoms with Crippen molar-refractivity contribution < 1.29 is 19.6 Å². The van der Waals surface area contributed by atoms with Crippen LogP contribution in [0.4, 0.5) is 5.69 Å². The molecule has 1 heterocycles. The van der Waals surface area contributed by atoms with Crippen LogP contribution in [0.15, 0.2) is 17.2 Å². The molecule has 0 aliphatic rings. The quantitative estimate of drug-likeness (QED) is 0.439. The lowest BCUT2D eigenvalue weighted by Gasteiger charge is -2.12. The van der Waals surface area contributed by atoms with Crippen LogP contribution in [0, 0.1) is 21.4 Å². The minimum Gasteiger partial charge on any atom is -0.480 e. The van der Waals surface area contributed by atoms with Crippen molar-refractivity contribution in [3.05, 3.63) is 27.9 Å². The van der Waals surface area contributed by atoms with Crippen LogP contribution in [0.1, 0.15) is 12.6 Å². The molecule has 0 aliphatic carbocycles. The molecule has 1 amide bonds. The van der Waals surface area contributed by atoms with E-state index in [-0.39, 0.29) is 16.5 Å². The van der Waals surface area contributed by atoms with E-state index in [4.69, 9.17) is 10.4 Å². The molecule has 0 radical (unpaired) electrons. The average Bonchev–Trinajstić information content (AvgIpc) is 2.42. The Labute approximate surface area is 123 Å². The third kappa shape index (κ3) is 4.73. The molecule has 110 valence electrons. The number of carboxylic acid groups (broad SMARTS) is 1. The molecule has 21 heavy (non-hydrogen) atoms. The van der Waals surface area contributed by atoms with Crippen LogP contribution in [-0.2, 0) is 9.59 Å². The summed E-state index contributed by atoms with van der Waals surface area (Å²) in [6.45, 7) is 1.19. The molecule has 0 saturated carbocycles. The highest BCUT2D eigenvalue weighted by Crippen LogP contribution is 2.22. The first-order valence-corrected chi connectivity index (χ1v) is 6.52. The molecule has 2 N–H and O–H groups in total. The monoisotopic (exact) mass is 310 g/mol. The third-order valence-electron chi connectivity index (χ3n) is 2.22. The summed E-state index contributed by atoms with van der Waals surface area (Å²) in [7, 11) is 0. The molecule has 1 rings (SSSR count). The number of nitrogens with one attached hydrogen (secondary N) is 1. The minimum atomic E-state index is -1.21. The summed E-state index contributed by atoms with van der Waals surface area (Å²) in [6, 6.07) is 2.93. The molecule has 0 bridgehead atoms. The second-order valence-electron chi connectivity index (χ2n) is 3.79. The van der Waals surface area contributed by atoms with E-state index in [1.807, 2.05) is 0 Å². The number of pyridine rings is 1. The Morgan fingerprint density at radius 2 is 2.29 bits per heavy atom. The number of carbonyl (C=O) groups is 2. The summed E-state index contributed by atoms with van der Waals surface area (Å²) >= 11 is 0.968. The van der Waals surface area contributed by atoms with Gasteiger partial charge in [0, 0.05) is 18.7 Å². The number of rotatable bonds is 6. The predicted octanol–water partition coefficient (Wildman–Crippen LogP) is 0.543. The van der Waals surface area contributed by atoms with Gasteiger partial charge in [-0.2, -0.15) is 5.26 Å². The number of hydrogen-bond donors (Lipinski definition) is 2. The van der Waals surface area contributed by atoms with Gasteiger partial charge >= 0.3 is 11.7 Å². The van der Waals surface area contributed by atoms with E-state index in [2.05, 4.69) is 10.3 Å². The fourth-order valence-corrected chi connectivity index (χ4v) is 2.22. The summed E-state index contributed by atoms with van der Waals surface area (Å²) < 4.78 is 0. The van der Waals surface area contributed by atoms with Gasteiger partial charge in [0.25, 0.3) is 0 Å². The number of amides is 1. The van der Waals surface area contributed by atoms with E-state index in [0.717, 1.165) is 17.8 Å². The van der Waals surface area contributed by atoms with E-state index < -0.39 is 28.5 Å². The lowest BCUT2D eigenvalue weighted by Crippen LogP contribution is -2.41. The molecule has 0 spiro atoms. The van der Waals surface area contributed by atoms with Gasteiger partial charge in [-0.1, -0.05) is 0 Å². The SMILES string of the molecule is CC(=O)N[C@@H](CSc1ccc([N+](=O)[O-])c(C#N)n1)C(=O)O. The average molecular weight is 310 g/mol. The summed E-state index contributed by atoms with van der Waals surface area (Å²) in [6.07, 6.45) is 0. The van der Waals surface area contributed by atoms with Crippen molar-refractivity contribution in [2.45, 2.75) is 18.0 Å². The van der Waals surface area contributed by atoms with Crippen LogP contribution < -0.4 is 5.32 Å². The number of hydrogen-bond acceptors (Lipinski definition) is 7. The molecule has 0 fully saturated rings. The van der Waals surface area contributed by atoms with Gasteiger partial charge in [0.1, 0.15) is 12.1 Å². The van der Waals surface area contributed by atoms with Crippen LogP contribution in [0.2, 0.25) is 0 Å². The largest absolute Gasteiger partial charge is 0.480 e. The van der Waals surface area contributed by atoms with Crippen molar-refractivity contribution >= 4 is 29.3 Å². The molecule has 0 unspecified atom stereocenters. The van der Waals surface area contributed by atoms with Crippen LogP contribution in [0.25, 0.3) is 0 Å². The van der Waals surface area contributed by atoms with E-state index in [9.17, 15) is 19.7 Å². The molecule has 0 aliphatic heterocycles. The first-order valence-electron chi connectivity index (χ1n) is 5.53. The first kappa shape index (κ1) is 16.4. The Kier molecular flexibility index (Phi) is 5.62. The highest BCUT2D eigenvalue weighted by atomic mass is 32.2. The van der Waals surface area contributed by atoms with E-state index >= 15 is 0 Å². The van der Waals surface area contributed by atoms with Crippen molar-refractivity contribution in [2.75, 3.05) is 5.75 Å². The number of aromatic nitrogens is 1. The summed E-state index contributed by atoms with van der Waals surface area (Å²) in [5, 5.41) is 30.9. The Morgan fingerprint density at radius 3 is 2.76 bits per heavy atom. The topological polar surface area (TPSA) is 146 Å². The van der Waals surface area contributed by atoms with Gasteiger partial charge in [-0.15, -0.1) is 11.8 Å². The Morgan fingerprint density at radius 1 is 1.62 bits per heavy atom. The predicted molar refractivity (Wildman–Crippen MR) is 71.6 cm³/mol. The van der Waals surface area contributed by atoms with Gasteiger partial charge in [-0.05, 0) is 6.07 Å². The van der Waals surface area contributed by atoms with Crippen LogP contribution in [0.3, 0.4) is 0 Å². The summed E-state index contributed by atoms with van der Waals surface area (Å²) in [4.78, 5) is 35.5. The zero-order valence-corrected chi connectivity index (χ0v) is 11.6. The number of carbonyl (C=O) groups excluding carboxylic acids is 1. The molecular formula is C11H10N4O5S. The van der Waals surface area contributed by atoms with E-state index in [0.29, 0.717) is 0 Å². The summed E-state index contributed by atoms with van der Waals surface area (Å²) in [5.74, 6) is -1.72. The van der Waals surface area contributed by atoms with Gasteiger partial charge in [0.05, 0.1) is 9.95 Å². The van der Waals surface area contributed by atoms with Crippen LogP contribution in [-0.4, -0.2) is 38.7 Å². The lowest BCUT2D eigenvalue weighted by atomic mass is 10.3. The lowest BCUT2D eigenvalue weighted by molar-refractivity contribution is -0.385. The number of nitrogens with zero attached hydrogens (tertiary/aromatic N) is 3. The number of aliphatic carboxylic acids is 1. The van der Waals surface area contributed by atoms with Crippen molar-refractivity contribution in [3.63, 3.8) is 0 Å². The van der Waals surface area contributed by atoms with E-state index in [1.165, 1.54) is 13.0 Å². The van der Waals surface area contributed by atoms with Gasteiger partial charge in [0.15, 0.2) is 0 Å². The Balaban J connectivity index is 2.84. The molecule has 1 atom stereocenters. The minimum absolute atomic E-state index is 0.0232. The number of nitro groups is 1. The normalized spacial score (nSPS) is 11.2. The maximum atomic E-state index is 10.9. The van der Waals surface area contributed by atoms with Gasteiger partial charge in [-0.25, -0.2) is 9.78 Å². The maximum absolute atomic E-state index is 10.9. The zero-order valence-electron chi connectivity index (χ0n) is 10.8. The van der Waals surface area contributed by atoms with Crippen molar-refractivity contribution in [1.29, 1.82) is 5.26 Å². The fourth-order valence-electron chi connectivity index (χ4n) is 1.33. The molecule has 10 heteroatoms. The third-order valence-corrected chi connectivity index (χ3v) is 3.25. The number of nitriles is 1. The van der Waals surface area contributed by atoms with Crippen molar-refractivity contribution in [2.24, 2.45) is 0 Å². The standard InChI is InChI=1S/C11H10N4O5S/c1-6(16)13-8(11(17)18)5-21-10-3-2-9(15(19)20)7(4-12)14-10/h2-3,8H,5H2,1H3,(H,13,16)(H,17,18)/t8-/m0/s1. The Hall–Kier alpha value is -2.67. The van der Waals surface area contributed by atoms with E-state index in [1.54, 1.807) is 6.07 Å². The highest BCUT2D eigenvalue weighted by molar-refractivity contribution is 7.99. The fraction of sp³-hybridized carbons (Fsp3) is 0.273. The zero-order chi connectivity index (χ0) is 16.0. The molecule has 1 aromatic rings. The smallest absolute Gasteiger partial charge is 0.327 e. The molecular weight excluding hydrogens is 300 g/mol. The van der Waals surface area contributed by atoms with Crippen molar-refractivity contribution in [3.8, 4) is 6.07 Å². The highest BCUT2D eigenvalue weighted by Gasteiger charge is 2.20. The van der Waals surface area contributed by atoms with Gasteiger partial charge in [0.2, 0.25) is 11.6 Å². The molecule has 0 aromatic carbocycles. The molecule has 0 saturated heterocycles. The van der Waals surface area contributed by atoms with Crippen LogP contribution in [0.5, 0.6) is 0 Å². The summed E-state index contributed by atoms with van der Waals surface area (Å²) in [5.41, 5.74) is -0.769. The maximum Gasteiger partial charge on any atom is 0.327 e. The van der Waals surface area contributed by atoms with Crippen LogP contribution >= 0.6 is 11.8 Å². The van der Waals surface area contributed by atoms with Gasteiger partial charge in [-0.3, -0.25) is 14.9 Å². The Bertz CT molecular complexity index is 628. The molecule has 9 nitrogen and oxygen atoms in total.